The molecule has 0 N–H and O–H groups in total. The Labute approximate surface area is 153 Å². The molecule has 24 heavy (non-hydrogen) atoms. The van der Waals surface area contributed by atoms with E-state index in [4.69, 9.17) is 37.2 Å². The second-order valence-electron chi connectivity index (χ2n) is 4.79. The first-order chi connectivity index (χ1) is 11.3. The predicted octanol–water partition coefficient (Wildman–Crippen LogP) is 5.23. The highest BCUT2D eigenvalue weighted by molar-refractivity contribution is 7.58. The SMILES string of the molecule is COP(C)(=O)C(OC(=O)COc1cccc(Cl)c1Cl)c1cccs1. The van der Waals surface area contributed by atoms with Crippen LogP contribution >= 0.6 is 41.9 Å². The Balaban J connectivity index is 2.06. The fourth-order valence-corrected chi connectivity index (χ4v) is 4.59. The average Bonchev–Trinajstić information content (AvgIpc) is 3.08. The maximum absolute atomic E-state index is 12.5. The number of rotatable bonds is 7. The summed E-state index contributed by atoms with van der Waals surface area (Å²) in [6.07, 6.45) is 0. The second-order valence-corrected chi connectivity index (χ2v) is 9.21. The van der Waals surface area contributed by atoms with E-state index in [2.05, 4.69) is 0 Å². The van der Waals surface area contributed by atoms with Crippen LogP contribution in [0.4, 0.5) is 0 Å². The van der Waals surface area contributed by atoms with Crippen molar-refractivity contribution in [1.29, 1.82) is 0 Å². The van der Waals surface area contributed by atoms with Crippen molar-refractivity contribution in [3.05, 3.63) is 50.6 Å². The van der Waals surface area contributed by atoms with Gasteiger partial charge in [-0.2, -0.15) is 0 Å². The van der Waals surface area contributed by atoms with E-state index < -0.39 is 25.8 Å². The smallest absolute Gasteiger partial charge is 0.345 e. The summed E-state index contributed by atoms with van der Waals surface area (Å²) in [5, 5.41) is 2.32. The van der Waals surface area contributed by atoms with Crippen molar-refractivity contribution in [2.45, 2.75) is 5.85 Å². The highest BCUT2D eigenvalue weighted by atomic mass is 35.5. The second kappa shape index (κ2) is 8.37. The zero-order valence-corrected chi connectivity index (χ0v) is 16.1. The maximum Gasteiger partial charge on any atom is 0.345 e. The number of carbonyl (C=O) groups is 1. The summed E-state index contributed by atoms with van der Waals surface area (Å²) in [5.41, 5.74) is 0. The lowest BCUT2D eigenvalue weighted by Crippen LogP contribution is -2.18. The van der Waals surface area contributed by atoms with Crippen molar-refractivity contribution in [2.75, 3.05) is 20.4 Å². The number of hydrogen-bond donors (Lipinski definition) is 0. The van der Waals surface area contributed by atoms with Crippen LogP contribution in [0.2, 0.25) is 10.0 Å². The first-order valence-corrected chi connectivity index (χ1v) is 10.6. The van der Waals surface area contributed by atoms with Crippen LogP contribution in [0.1, 0.15) is 10.7 Å². The topological polar surface area (TPSA) is 61.8 Å². The molecular formula is C15H15Cl2O5PS. The van der Waals surface area contributed by atoms with Crippen molar-refractivity contribution >= 4 is 47.9 Å². The van der Waals surface area contributed by atoms with Crippen LogP contribution in [0, 0.1) is 0 Å². The predicted molar refractivity (Wildman–Crippen MR) is 95.6 cm³/mol. The van der Waals surface area contributed by atoms with Crippen LogP contribution in [0.5, 0.6) is 5.75 Å². The number of ether oxygens (including phenoxy) is 2. The van der Waals surface area contributed by atoms with Crippen molar-refractivity contribution in [3.63, 3.8) is 0 Å². The summed E-state index contributed by atoms with van der Waals surface area (Å²) >= 11 is 13.2. The molecule has 9 heteroatoms. The molecular weight excluding hydrogens is 394 g/mol. The lowest BCUT2D eigenvalue weighted by molar-refractivity contribution is -0.148. The minimum absolute atomic E-state index is 0.208. The zero-order valence-electron chi connectivity index (χ0n) is 12.9. The molecule has 2 rings (SSSR count). The normalized spacial score (nSPS) is 14.7. The van der Waals surface area contributed by atoms with E-state index in [0.29, 0.717) is 9.90 Å². The van der Waals surface area contributed by atoms with Crippen LogP contribution in [0.15, 0.2) is 35.7 Å². The van der Waals surface area contributed by atoms with Crippen LogP contribution < -0.4 is 4.74 Å². The van der Waals surface area contributed by atoms with Gasteiger partial charge in [-0.25, -0.2) is 4.79 Å². The van der Waals surface area contributed by atoms with Gasteiger partial charge in [-0.1, -0.05) is 35.3 Å². The molecule has 0 saturated carbocycles. The Morgan fingerprint density at radius 3 is 2.67 bits per heavy atom. The van der Waals surface area contributed by atoms with E-state index in [1.165, 1.54) is 25.1 Å². The maximum atomic E-state index is 12.5. The van der Waals surface area contributed by atoms with Gasteiger partial charge in [0.05, 0.1) is 9.90 Å². The van der Waals surface area contributed by atoms with E-state index in [-0.39, 0.29) is 10.8 Å². The molecule has 0 fully saturated rings. The Hall–Kier alpha value is -1.04. The third-order valence-corrected chi connectivity index (χ3v) is 6.93. The lowest BCUT2D eigenvalue weighted by Gasteiger charge is -2.22. The standard InChI is InChI=1S/C15H15Cl2O5PS/c1-20-23(2,19)15(12-7-4-8-24-12)22-13(18)9-21-11-6-3-5-10(16)14(11)17/h3-8,15H,9H2,1-2H3. The van der Waals surface area contributed by atoms with Gasteiger partial charge in [-0.3, -0.25) is 4.57 Å². The van der Waals surface area contributed by atoms with E-state index in [0.717, 1.165) is 0 Å². The van der Waals surface area contributed by atoms with Gasteiger partial charge in [0.15, 0.2) is 6.61 Å². The van der Waals surface area contributed by atoms with Crippen LogP contribution in [-0.4, -0.2) is 26.4 Å². The molecule has 2 unspecified atom stereocenters. The monoisotopic (exact) mass is 408 g/mol. The molecule has 0 aliphatic carbocycles. The number of thiophene rings is 1. The molecule has 1 aromatic heterocycles. The molecule has 0 saturated heterocycles. The van der Waals surface area contributed by atoms with Crippen LogP contribution in [-0.2, 0) is 18.6 Å². The molecule has 1 heterocycles. The molecule has 0 bridgehead atoms. The van der Waals surface area contributed by atoms with Crippen LogP contribution in [0.3, 0.4) is 0 Å². The Morgan fingerprint density at radius 2 is 2.04 bits per heavy atom. The number of halogens is 2. The first kappa shape index (κ1) is 19.3. The lowest BCUT2D eigenvalue weighted by atomic mass is 10.3. The van der Waals surface area contributed by atoms with Gasteiger partial charge < -0.3 is 14.0 Å². The molecule has 2 aromatic rings. The Morgan fingerprint density at radius 1 is 1.29 bits per heavy atom. The highest BCUT2D eigenvalue weighted by Crippen LogP contribution is 2.57. The summed E-state index contributed by atoms with van der Waals surface area (Å²) in [7, 11) is -1.86. The van der Waals surface area contributed by atoms with Crippen molar-refractivity contribution in [2.24, 2.45) is 0 Å². The van der Waals surface area contributed by atoms with Gasteiger partial charge in [0.1, 0.15) is 10.8 Å². The third-order valence-electron chi connectivity index (χ3n) is 3.08. The minimum atomic E-state index is -3.17. The summed E-state index contributed by atoms with van der Waals surface area (Å²) in [6, 6.07) is 8.34. The third kappa shape index (κ3) is 4.74. The van der Waals surface area contributed by atoms with Crippen molar-refractivity contribution < 1.29 is 23.4 Å². The average molecular weight is 409 g/mol. The van der Waals surface area contributed by atoms with Crippen LogP contribution in [0.25, 0.3) is 0 Å². The molecule has 130 valence electrons. The largest absolute Gasteiger partial charge is 0.480 e. The molecule has 1 aromatic carbocycles. The van der Waals surface area contributed by atoms with Crippen molar-refractivity contribution in [3.8, 4) is 5.75 Å². The molecule has 0 aliphatic heterocycles. The summed E-state index contributed by atoms with van der Waals surface area (Å²) in [6.45, 7) is 1.02. The fraction of sp³-hybridized carbons (Fsp3) is 0.267. The van der Waals surface area contributed by atoms with Gasteiger partial charge in [0.2, 0.25) is 13.2 Å². The van der Waals surface area contributed by atoms with Gasteiger partial charge in [0.25, 0.3) is 0 Å². The number of benzene rings is 1. The number of esters is 1. The number of hydrogen-bond acceptors (Lipinski definition) is 6. The summed E-state index contributed by atoms with van der Waals surface area (Å²) in [4.78, 5) is 12.7. The number of carbonyl (C=O) groups excluding carboxylic acids is 1. The summed E-state index contributed by atoms with van der Waals surface area (Å²) < 4.78 is 28.2. The minimum Gasteiger partial charge on any atom is -0.480 e. The Bertz CT molecular complexity index is 750. The molecule has 2 atom stereocenters. The molecule has 0 spiro atoms. The molecule has 0 amide bonds. The van der Waals surface area contributed by atoms with Gasteiger partial charge >= 0.3 is 5.97 Å². The summed E-state index contributed by atoms with van der Waals surface area (Å²) in [5.74, 6) is -1.41. The molecule has 0 radical (unpaired) electrons. The van der Waals surface area contributed by atoms with Gasteiger partial charge in [0, 0.05) is 13.8 Å². The van der Waals surface area contributed by atoms with E-state index in [9.17, 15) is 9.36 Å². The van der Waals surface area contributed by atoms with Gasteiger partial charge in [-0.05, 0) is 23.6 Å². The van der Waals surface area contributed by atoms with E-state index in [1.807, 2.05) is 0 Å². The molecule has 0 aliphatic rings. The highest BCUT2D eigenvalue weighted by Gasteiger charge is 2.34. The zero-order chi connectivity index (χ0) is 17.7. The fourth-order valence-electron chi connectivity index (χ4n) is 1.80. The van der Waals surface area contributed by atoms with Crippen molar-refractivity contribution in [1.82, 2.24) is 0 Å². The van der Waals surface area contributed by atoms with E-state index >= 15 is 0 Å². The first-order valence-electron chi connectivity index (χ1n) is 6.77. The molecule has 5 nitrogen and oxygen atoms in total. The Kier molecular flexibility index (Phi) is 6.72. The van der Waals surface area contributed by atoms with E-state index in [1.54, 1.807) is 35.7 Å². The quantitative estimate of drug-likeness (QED) is 0.463. The van der Waals surface area contributed by atoms with Gasteiger partial charge in [-0.15, -0.1) is 11.3 Å².